The lowest BCUT2D eigenvalue weighted by Gasteiger charge is -2.07. The van der Waals surface area contributed by atoms with E-state index in [4.69, 9.17) is 4.42 Å². The SMILES string of the molecule is O=C(Nc1nnc(SCc2cccc(C(F)(F)F)c2)s1)c1cc2ccccc2oc1=O. The molecule has 0 atom stereocenters. The molecular weight excluding hydrogens is 451 g/mol. The average Bonchev–Trinajstić information content (AvgIpc) is 3.18. The molecular formula is C20H12F3N3O3S2. The van der Waals surface area contributed by atoms with Crippen LogP contribution in [0.25, 0.3) is 11.0 Å². The third-order valence-corrected chi connectivity index (χ3v) is 6.17. The molecule has 0 unspecified atom stereocenters. The number of carbonyl (C=O) groups excluding carboxylic acids is 1. The number of carbonyl (C=O) groups is 1. The molecule has 6 nitrogen and oxygen atoms in total. The maximum absolute atomic E-state index is 12.8. The minimum Gasteiger partial charge on any atom is -0.422 e. The Balaban J connectivity index is 1.43. The van der Waals surface area contributed by atoms with Crippen molar-refractivity contribution >= 4 is 45.1 Å². The Morgan fingerprint density at radius 2 is 1.90 bits per heavy atom. The first kappa shape index (κ1) is 21.1. The van der Waals surface area contributed by atoms with Gasteiger partial charge in [0.1, 0.15) is 11.1 Å². The van der Waals surface area contributed by atoms with E-state index in [0.717, 1.165) is 23.5 Å². The van der Waals surface area contributed by atoms with Crippen LogP contribution in [-0.2, 0) is 11.9 Å². The van der Waals surface area contributed by atoms with Gasteiger partial charge in [-0.2, -0.15) is 13.2 Å². The molecule has 2 heterocycles. The molecule has 0 aliphatic rings. The van der Waals surface area contributed by atoms with Gasteiger partial charge in [-0.05, 0) is 23.8 Å². The Bertz CT molecular complexity index is 1320. The van der Waals surface area contributed by atoms with Gasteiger partial charge in [-0.1, -0.05) is 59.5 Å². The summed E-state index contributed by atoms with van der Waals surface area (Å²) in [7, 11) is 0. The van der Waals surface area contributed by atoms with Crippen LogP contribution in [0.5, 0.6) is 0 Å². The van der Waals surface area contributed by atoms with Crippen LogP contribution in [-0.4, -0.2) is 16.1 Å². The first-order valence-electron chi connectivity index (χ1n) is 8.76. The molecule has 4 rings (SSSR count). The summed E-state index contributed by atoms with van der Waals surface area (Å²) in [5.41, 5.74) is -0.820. The van der Waals surface area contributed by atoms with Crippen LogP contribution in [0.4, 0.5) is 18.3 Å². The van der Waals surface area contributed by atoms with Crippen LogP contribution in [0.1, 0.15) is 21.5 Å². The van der Waals surface area contributed by atoms with Crippen molar-refractivity contribution in [3.8, 4) is 0 Å². The first-order valence-corrected chi connectivity index (χ1v) is 10.6. The van der Waals surface area contributed by atoms with Crippen molar-refractivity contribution in [3.05, 3.63) is 81.7 Å². The highest BCUT2D eigenvalue weighted by Gasteiger charge is 2.30. The van der Waals surface area contributed by atoms with Gasteiger partial charge in [0.15, 0.2) is 4.34 Å². The lowest BCUT2D eigenvalue weighted by atomic mass is 10.1. The van der Waals surface area contributed by atoms with Crippen molar-refractivity contribution in [2.24, 2.45) is 0 Å². The second kappa shape index (κ2) is 8.52. The summed E-state index contributed by atoms with van der Waals surface area (Å²) in [6.07, 6.45) is -4.41. The number of hydrogen-bond acceptors (Lipinski definition) is 7. The summed E-state index contributed by atoms with van der Waals surface area (Å²) in [6, 6.07) is 13.3. The Labute approximate surface area is 181 Å². The number of thioether (sulfide) groups is 1. The molecule has 1 amide bonds. The number of nitrogens with zero attached hydrogens (tertiary/aromatic N) is 2. The van der Waals surface area contributed by atoms with Crippen LogP contribution in [0, 0.1) is 0 Å². The molecule has 0 spiro atoms. The molecule has 0 saturated carbocycles. The molecule has 11 heteroatoms. The quantitative estimate of drug-likeness (QED) is 0.249. The largest absolute Gasteiger partial charge is 0.422 e. The van der Waals surface area contributed by atoms with Gasteiger partial charge in [0, 0.05) is 11.1 Å². The molecule has 2 aromatic carbocycles. The first-order chi connectivity index (χ1) is 14.8. The Morgan fingerprint density at radius 1 is 1.10 bits per heavy atom. The van der Waals surface area contributed by atoms with E-state index in [1.807, 2.05) is 0 Å². The van der Waals surface area contributed by atoms with E-state index < -0.39 is 23.3 Å². The van der Waals surface area contributed by atoms with E-state index in [9.17, 15) is 22.8 Å². The van der Waals surface area contributed by atoms with Crippen molar-refractivity contribution in [1.29, 1.82) is 0 Å². The normalized spacial score (nSPS) is 11.6. The molecule has 2 aromatic heterocycles. The molecule has 0 aliphatic carbocycles. The molecule has 0 aliphatic heterocycles. The number of amides is 1. The number of alkyl halides is 3. The van der Waals surface area contributed by atoms with Crippen LogP contribution < -0.4 is 10.9 Å². The zero-order valence-corrected chi connectivity index (χ0v) is 17.1. The number of aromatic nitrogens is 2. The number of fused-ring (bicyclic) bond motifs is 1. The van der Waals surface area contributed by atoms with Gasteiger partial charge in [0.2, 0.25) is 5.13 Å². The van der Waals surface area contributed by atoms with Crippen molar-refractivity contribution in [2.75, 3.05) is 5.32 Å². The second-order valence-corrected chi connectivity index (χ2v) is 8.50. The number of anilines is 1. The Morgan fingerprint density at radius 3 is 2.71 bits per heavy atom. The van der Waals surface area contributed by atoms with E-state index in [0.29, 0.717) is 20.9 Å². The molecule has 0 radical (unpaired) electrons. The number of benzene rings is 2. The van der Waals surface area contributed by atoms with E-state index in [1.54, 1.807) is 30.3 Å². The predicted octanol–water partition coefficient (Wildman–Crippen LogP) is 5.21. The molecule has 4 aromatic rings. The summed E-state index contributed by atoms with van der Waals surface area (Å²) in [4.78, 5) is 24.5. The highest BCUT2D eigenvalue weighted by atomic mass is 32.2. The highest BCUT2D eigenvalue weighted by Crippen LogP contribution is 2.32. The number of halogens is 3. The summed E-state index contributed by atoms with van der Waals surface area (Å²) in [5, 5.41) is 11.0. The van der Waals surface area contributed by atoms with Gasteiger partial charge in [-0.3, -0.25) is 10.1 Å². The smallest absolute Gasteiger partial charge is 0.416 e. The van der Waals surface area contributed by atoms with E-state index >= 15 is 0 Å². The van der Waals surface area contributed by atoms with Crippen molar-refractivity contribution < 1.29 is 22.4 Å². The highest BCUT2D eigenvalue weighted by molar-refractivity contribution is 8.00. The molecule has 158 valence electrons. The van der Waals surface area contributed by atoms with Gasteiger partial charge < -0.3 is 4.42 Å². The zero-order chi connectivity index (χ0) is 22.0. The fourth-order valence-electron chi connectivity index (χ4n) is 2.69. The maximum atomic E-state index is 12.8. The molecule has 31 heavy (non-hydrogen) atoms. The second-order valence-electron chi connectivity index (χ2n) is 6.30. The van der Waals surface area contributed by atoms with Gasteiger partial charge in [0.25, 0.3) is 5.91 Å². The van der Waals surface area contributed by atoms with Crippen LogP contribution in [0.3, 0.4) is 0 Å². The van der Waals surface area contributed by atoms with Gasteiger partial charge in [-0.15, -0.1) is 10.2 Å². The van der Waals surface area contributed by atoms with Gasteiger partial charge in [-0.25, -0.2) is 4.79 Å². The Kier molecular flexibility index (Phi) is 5.79. The lowest BCUT2D eigenvalue weighted by Crippen LogP contribution is -2.20. The van der Waals surface area contributed by atoms with E-state index in [-0.39, 0.29) is 16.4 Å². The lowest BCUT2D eigenvalue weighted by molar-refractivity contribution is -0.137. The van der Waals surface area contributed by atoms with Gasteiger partial charge >= 0.3 is 11.8 Å². The fraction of sp³-hybridized carbons (Fsp3) is 0.100. The number of hydrogen-bond donors (Lipinski definition) is 1. The average molecular weight is 463 g/mol. The molecule has 0 fully saturated rings. The standard InChI is InChI=1S/C20H12F3N3O3S2/c21-20(22,23)13-6-3-4-11(8-13)10-30-19-26-25-18(31-19)24-16(27)14-9-12-5-1-2-7-15(12)29-17(14)28/h1-9H,10H2,(H,24,25,27). The topological polar surface area (TPSA) is 85.1 Å². The van der Waals surface area contributed by atoms with Crippen molar-refractivity contribution in [1.82, 2.24) is 10.2 Å². The summed E-state index contributed by atoms with van der Waals surface area (Å²) < 4.78 is 44.0. The van der Waals surface area contributed by atoms with Crippen molar-refractivity contribution in [2.45, 2.75) is 16.3 Å². The fourth-order valence-corrected chi connectivity index (χ4v) is 4.38. The molecule has 0 saturated heterocycles. The minimum atomic E-state index is -4.41. The number of para-hydroxylation sites is 1. The zero-order valence-electron chi connectivity index (χ0n) is 15.5. The van der Waals surface area contributed by atoms with Gasteiger partial charge in [0.05, 0.1) is 5.56 Å². The summed E-state index contributed by atoms with van der Waals surface area (Å²) in [5.74, 6) is -0.439. The minimum absolute atomic E-state index is 0.157. The third-order valence-electron chi connectivity index (χ3n) is 4.13. The number of nitrogens with one attached hydrogen (secondary N) is 1. The van der Waals surface area contributed by atoms with E-state index in [2.05, 4.69) is 15.5 Å². The maximum Gasteiger partial charge on any atom is 0.416 e. The van der Waals surface area contributed by atoms with E-state index in [1.165, 1.54) is 23.9 Å². The summed E-state index contributed by atoms with van der Waals surface area (Å²) >= 11 is 2.24. The molecule has 0 bridgehead atoms. The monoisotopic (exact) mass is 463 g/mol. The summed E-state index contributed by atoms with van der Waals surface area (Å²) in [6.45, 7) is 0. The van der Waals surface area contributed by atoms with Crippen LogP contribution >= 0.6 is 23.1 Å². The number of rotatable bonds is 5. The van der Waals surface area contributed by atoms with Crippen LogP contribution in [0.15, 0.2) is 68.1 Å². The Hall–Kier alpha value is -3.18. The van der Waals surface area contributed by atoms with Crippen molar-refractivity contribution in [3.63, 3.8) is 0 Å². The van der Waals surface area contributed by atoms with Crippen LogP contribution in [0.2, 0.25) is 0 Å². The molecule has 1 N–H and O–H groups in total. The third kappa shape index (κ3) is 4.94. The predicted molar refractivity (Wildman–Crippen MR) is 111 cm³/mol.